The van der Waals surface area contributed by atoms with Crippen molar-refractivity contribution in [1.29, 1.82) is 0 Å². The number of aromatic nitrogens is 3. The number of nitrogens with zero attached hydrogens (tertiary/aromatic N) is 3. The highest BCUT2D eigenvalue weighted by atomic mass is 32.1. The fourth-order valence-corrected chi connectivity index (χ4v) is 5.77. The van der Waals surface area contributed by atoms with Crippen molar-refractivity contribution in [2.75, 3.05) is 5.32 Å². The minimum atomic E-state index is -1.01. The highest BCUT2D eigenvalue weighted by molar-refractivity contribution is 7.15. The smallest absolute Gasteiger partial charge is 0.309 e. The van der Waals surface area contributed by atoms with Gasteiger partial charge in [-0.1, -0.05) is 6.07 Å². The van der Waals surface area contributed by atoms with E-state index in [1.165, 1.54) is 24.2 Å². The molecule has 0 saturated heterocycles. The third-order valence-electron chi connectivity index (χ3n) is 6.75. The van der Waals surface area contributed by atoms with Crippen LogP contribution in [0.25, 0.3) is 10.4 Å². The Kier molecular flexibility index (Phi) is 6.59. The number of carbonyl (C=O) groups is 1. The molecule has 0 bridgehead atoms. The van der Waals surface area contributed by atoms with Crippen molar-refractivity contribution in [2.45, 2.75) is 83.3 Å². The third kappa shape index (κ3) is 5.76. The largest absolute Gasteiger partial charge is 0.460 e. The zero-order chi connectivity index (χ0) is 25.5. The lowest BCUT2D eigenvalue weighted by molar-refractivity contribution is -0.163. The number of rotatable bonds is 6. The lowest BCUT2D eigenvalue weighted by Gasteiger charge is -2.34. The van der Waals surface area contributed by atoms with E-state index in [9.17, 15) is 9.90 Å². The standard InChI is InChI=1S/C28H34N4O3S/c1-17-13-20(15-21(14-17)31-26-29-12-9-22(32-26)18-5-6-18)23-16-30-25(36-23)28(34)10-7-19(8-11-28)24(33)35-27(2,3)4/h9,12-16,18-19,34H,5-8,10-11H2,1-4H3,(H,29,31,32). The molecule has 0 amide bonds. The summed E-state index contributed by atoms with van der Waals surface area (Å²) < 4.78 is 5.55. The van der Waals surface area contributed by atoms with E-state index < -0.39 is 11.2 Å². The Morgan fingerprint density at radius 3 is 2.58 bits per heavy atom. The van der Waals surface area contributed by atoms with Gasteiger partial charge in [0, 0.05) is 29.7 Å². The molecule has 2 saturated carbocycles. The van der Waals surface area contributed by atoms with Crippen LogP contribution in [0.1, 0.15) is 81.5 Å². The Hall–Kier alpha value is -2.84. The van der Waals surface area contributed by atoms with Gasteiger partial charge in [-0.05, 0) is 95.5 Å². The number of anilines is 2. The van der Waals surface area contributed by atoms with Crippen LogP contribution >= 0.6 is 11.3 Å². The maximum absolute atomic E-state index is 12.5. The van der Waals surface area contributed by atoms with Gasteiger partial charge in [0.05, 0.1) is 10.8 Å². The Labute approximate surface area is 216 Å². The molecule has 0 spiro atoms. The summed E-state index contributed by atoms with van der Waals surface area (Å²) in [5.41, 5.74) is 2.66. The van der Waals surface area contributed by atoms with E-state index >= 15 is 0 Å². The second-order valence-electron chi connectivity index (χ2n) is 11.2. The van der Waals surface area contributed by atoms with Crippen LogP contribution in [0.3, 0.4) is 0 Å². The maximum atomic E-state index is 12.5. The summed E-state index contributed by atoms with van der Waals surface area (Å²) >= 11 is 1.51. The Balaban J connectivity index is 1.29. The van der Waals surface area contributed by atoms with E-state index in [2.05, 4.69) is 45.4 Å². The first-order valence-corrected chi connectivity index (χ1v) is 13.5. The topological polar surface area (TPSA) is 97.2 Å². The van der Waals surface area contributed by atoms with Gasteiger partial charge in [0.25, 0.3) is 0 Å². The molecule has 0 atom stereocenters. The van der Waals surface area contributed by atoms with Crippen LogP contribution in [0, 0.1) is 12.8 Å². The van der Waals surface area contributed by atoms with Crippen molar-refractivity contribution >= 4 is 28.9 Å². The molecule has 2 heterocycles. The monoisotopic (exact) mass is 506 g/mol. The lowest BCUT2D eigenvalue weighted by Crippen LogP contribution is -2.36. The molecule has 190 valence electrons. The zero-order valence-corrected chi connectivity index (χ0v) is 22.2. The number of aliphatic hydroxyl groups is 1. The fourth-order valence-electron chi connectivity index (χ4n) is 4.72. The van der Waals surface area contributed by atoms with Crippen LogP contribution < -0.4 is 5.32 Å². The molecule has 3 aromatic rings. The van der Waals surface area contributed by atoms with Crippen LogP contribution in [-0.2, 0) is 15.1 Å². The number of hydrogen-bond acceptors (Lipinski definition) is 8. The number of benzene rings is 1. The number of ether oxygens (including phenoxy) is 1. The SMILES string of the molecule is Cc1cc(Nc2nccc(C3CC3)n2)cc(-c2cnc(C3(O)CCC(C(=O)OC(C)(C)C)CC3)s2)c1. The predicted octanol–water partition coefficient (Wildman–Crippen LogP) is 6.25. The second kappa shape index (κ2) is 9.56. The number of carbonyl (C=O) groups excluding carboxylic acids is 1. The Morgan fingerprint density at radius 2 is 1.89 bits per heavy atom. The first-order valence-electron chi connectivity index (χ1n) is 12.7. The molecule has 36 heavy (non-hydrogen) atoms. The Bertz CT molecular complexity index is 1250. The van der Waals surface area contributed by atoms with E-state index in [0.717, 1.165) is 27.4 Å². The summed E-state index contributed by atoms with van der Waals surface area (Å²) in [5, 5.41) is 15.4. The highest BCUT2D eigenvalue weighted by Crippen LogP contribution is 2.43. The molecule has 0 aliphatic heterocycles. The first-order chi connectivity index (χ1) is 17.1. The molecule has 5 rings (SSSR count). The number of esters is 1. The molecular weight excluding hydrogens is 472 g/mol. The van der Waals surface area contributed by atoms with Crippen molar-refractivity contribution in [3.63, 3.8) is 0 Å². The second-order valence-corrected chi connectivity index (χ2v) is 12.2. The highest BCUT2D eigenvalue weighted by Gasteiger charge is 2.40. The van der Waals surface area contributed by atoms with Gasteiger partial charge in [0.15, 0.2) is 0 Å². The molecule has 2 fully saturated rings. The molecule has 0 unspecified atom stereocenters. The van der Waals surface area contributed by atoms with Gasteiger partial charge in [0.1, 0.15) is 16.2 Å². The van der Waals surface area contributed by atoms with Crippen molar-refractivity contribution in [2.24, 2.45) is 5.92 Å². The maximum Gasteiger partial charge on any atom is 0.309 e. The molecule has 2 aliphatic rings. The van der Waals surface area contributed by atoms with E-state index in [4.69, 9.17) is 4.74 Å². The average Bonchev–Trinajstić information content (AvgIpc) is 3.54. The Morgan fingerprint density at radius 1 is 1.14 bits per heavy atom. The predicted molar refractivity (Wildman–Crippen MR) is 141 cm³/mol. The summed E-state index contributed by atoms with van der Waals surface area (Å²) in [6.45, 7) is 7.70. The van der Waals surface area contributed by atoms with E-state index in [1.54, 1.807) is 0 Å². The van der Waals surface area contributed by atoms with Crippen molar-refractivity contribution in [3.05, 3.63) is 52.9 Å². The first kappa shape index (κ1) is 24.8. The van der Waals surface area contributed by atoms with Gasteiger partial charge in [-0.15, -0.1) is 11.3 Å². The molecule has 2 aromatic heterocycles. The molecule has 0 radical (unpaired) electrons. The number of aryl methyl sites for hydroxylation is 1. The van der Waals surface area contributed by atoms with Gasteiger partial charge in [0.2, 0.25) is 5.95 Å². The van der Waals surface area contributed by atoms with E-state index in [1.807, 2.05) is 39.2 Å². The molecule has 2 aliphatic carbocycles. The summed E-state index contributed by atoms with van der Waals surface area (Å²) in [6.07, 6.45) is 8.24. The third-order valence-corrected chi connectivity index (χ3v) is 7.99. The zero-order valence-electron chi connectivity index (χ0n) is 21.4. The summed E-state index contributed by atoms with van der Waals surface area (Å²) in [5.74, 6) is 0.838. The van der Waals surface area contributed by atoms with Crippen molar-refractivity contribution < 1.29 is 14.6 Å². The molecule has 1 aromatic carbocycles. The fraction of sp³-hybridized carbons (Fsp3) is 0.500. The number of nitrogens with one attached hydrogen (secondary N) is 1. The molecular formula is C28H34N4O3S. The van der Waals surface area contributed by atoms with Crippen LogP contribution in [-0.4, -0.2) is 31.6 Å². The van der Waals surface area contributed by atoms with Crippen molar-refractivity contribution in [3.8, 4) is 10.4 Å². The molecule has 7 nitrogen and oxygen atoms in total. The minimum Gasteiger partial charge on any atom is -0.460 e. The summed E-state index contributed by atoms with van der Waals surface area (Å²) in [4.78, 5) is 27.1. The van der Waals surface area contributed by atoms with Crippen molar-refractivity contribution in [1.82, 2.24) is 15.0 Å². The quantitative estimate of drug-likeness (QED) is 0.381. The van der Waals surface area contributed by atoms with Gasteiger partial charge in [-0.25, -0.2) is 15.0 Å². The van der Waals surface area contributed by atoms with Gasteiger partial charge >= 0.3 is 5.97 Å². The normalized spacial score (nSPS) is 22.3. The molecule has 2 N–H and O–H groups in total. The van der Waals surface area contributed by atoms with Gasteiger partial charge in [-0.2, -0.15) is 0 Å². The summed E-state index contributed by atoms with van der Waals surface area (Å²) in [6, 6.07) is 8.26. The lowest BCUT2D eigenvalue weighted by atomic mass is 9.79. The molecule has 8 heteroatoms. The van der Waals surface area contributed by atoms with E-state index in [0.29, 0.717) is 42.6 Å². The number of thiazole rings is 1. The van der Waals surface area contributed by atoms with Gasteiger partial charge in [-0.3, -0.25) is 4.79 Å². The van der Waals surface area contributed by atoms with Crippen LogP contribution in [0.15, 0.2) is 36.7 Å². The van der Waals surface area contributed by atoms with Crippen LogP contribution in [0.5, 0.6) is 0 Å². The minimum absolute atomic E-state index is 0.171. The summed E-state index contributed by atoms with van der Waals surface area (Å²) in [7, 11) is 0. The van der Waals surface area contributed by atoms with E-state index in [-0.39, 0.29) is 11.9 Å². The van der Waals surface area contributed by atoms with Crippen LogP contribution in [0.2, 0.25) is 0 Å². The average molecular weight is 507 g/mol. The number of hydrogen-bond donors (Lipinski definition) is 2. The van der Waals surface area contributed by atoms with Gasteiger partial charge < -0.3 is 15.2 Å². The van der Waals surface area contributed by atoms with Crippen LogP contribution in [0.4, 0.5) is 11.6 Å².